The molecule has 0 amide bonds. The Morgan fingerprint density at radius 3 is 3.13 bits per heavy atom. The van der Waals surface area contributed by atoms with E-state index in [4.69, 9.17) is 9.84 Å². The van der Waals surface area contributed by atoms with Crippen LogP contribution in [0.5, 0.6) is 0 Å². The lowest BCUT2D eigenvalue weighted by atomic mass is 10.1. The molecule has 0 saturated carbocycles. The smallest absolute Gasteiger partial charge is 0.162 e. The number of morpholine rings is 1. The first kappa shape index (κ1) is 10.8. The van der Waals surface area contributed by atoms with E-state index in [1.807, 2.05) is 13.8 Å². The molecule has 2 rings (SSSR count). The Bertz CT molecular complexity index is 315. The second kappa shape index (κ2) is 4.03. The van der Waals surface area contributed by atoms with Gasteiger partial charge in [0.2, 0.25) is 0 Å². The zero-order chi connectivity index (χ0) is 10.9. The maximum atomic E-state index is 9.15. The van der Waals surface area contributed by atoms with Crippen LogP contribution < -0.4 is 4.90 Å². The van der Waals surface area contributed by atoms with E-state index in [2.05, 4.69) is 13.6 Å². The van der Waals surface area contributed by atoms with Gasteiger partial charge in [-0.1, -0.05) is 0 Å². The number of nitrogens with zero attached hydrogens (tertiary/aromatic N) is 3. The Kier molecular flexibility index (Phi) is 2.90. The first-order chi connectivity index (χ1) is 7.11. The third-order valence-electron chi connectivity index (χ3n) is 2.36. The lowest BCUT2D eigenvalue weighted by molar-refractivity contribution is -0.101. The SMILES string of the molecule is CC1(C)CN(c2cnsn2)CC(CO)O1. The van der Waals surface area contributed by atoms with E-state index in [9.17, 15) is 0 Å². The number of ether oxygens (including phenoxy) is 1. The van der Waals surface area contributed by atoms with Crippen LogP contribution in [0.15, 0.2) is 6.20 Å². The van der Waals surface area contributed by atoms with Gasteiger partial charge in [0, 0.05) is 13.1 Å². The molecule has 1 aromatic rings. The minimum absolute atomic E-state index is 0.0392. The Balaban J connectivity index is 2.13. The number of aliphatic hydroxyl groups is 1. The molecule has 0 aliphatic carbocycles. The summed E-state index contributed by atoms with van der Waals surface area (Å²) in [5.74, 6) is 0.870. The fourth-order valence-corrected chi connectivity index (χ4v) is 2.30. The Hall–Kier alpha value is -0.720. The Morgan fingerprint density at radius 1 is 1.73 bits per heavy atom. The summed E-state index contributed by atoms with van der Waals surface area (Å²) in [4.78, 5) is 2.11. The summed E-state index contributed by atoms with van der Waals surface area (Å²) in [7, 11) is 0. The van der Waals surface area contributed by atoms with E-state index in [1.165, 1.54) is 11.7 Å². The molecule has 6 heteroatoms. The Labute approximate surface area is 93.0 Å². The fourth-order valence-electron chi connectivity index (χ4n) is 1.86. The van der Waals surface area contributed by atoms with Crippen LogP contribution in [0.25, 0.3) is 0 Å². The summed E-state index contributed by atoms with van der Waals surface area (Å²) in [6.07, 6.45) is 1.61. The molecule has 1 aliphatic rings. The van der Waals surface area contributed by atoms with Crippen molar-refractivity contribution in [3.63, 3.8) is 0 Å². The molecule has 15 heavy (non-hydrogen) atoms. The molecule has 0 radical (unpaired) electrons. The van der Waals surface area contributed by atoms with Crippen molar-refractivity contribution in [3.05, 3.63) is 6.20 Å². The van der Waals surface area contributed by atoms with Crippen molar-refractivity contribution in [2.45, 2.75) is 25.6 Å². The first-order valence-electron chi connectivity index (χ1n) is 4.92. The maximum Gasteiger partial charge on any atom is 0.162 e. The van der Waals surface area contributed by atoms with Crippen molar-refractivity contribution in [2.75, 3.05) is 24.6 Å². The highest BCUT2D eigenvalue weighted by atomic mass is 32.1. The van der Waals surface area contributed by atoms with E-state index in [0.717, 1.165) is 12.4 Å². The predicted molar refractivity (Wildman–Crippen MR) is 58.2 cm³/mol. The zero-order valence-electron chi connectivity index (χ0n) is 8.88. The third-order valence-corrected chi connectivity index (χ3v) is 2.83. The van der Waals surface area contributed by atoms with Gasteiger partial charge in [0.1, 0.15) is 0 Å². The van der Waals surface area contributed by atoms with Crippen molar-refractivity contribution in [2.24, 2.45) is 0 Å². The molecule has 1 atom stereocenters. The Morgan fingerprint density at radius 2 is 2.53 bits per heavy atom. The average molecular weight is 229 g/mol. The monoisotopic (exact) mass is 229 g/mol. The summed E-state index contributed by atoms with van der Waals surface area (Å²) >= 11 is 1.20. The molecule has 1 aliphatic heterocycles. The molecular weight excluding hydrogens is 214 g/mol. The highest BCUT2D eigenvalue weighted by Gasteiger charge is 2.33. The largest absolute Gasteiger partial charge is 0.394 e. The summed E-state index contributed by atoms with van der Waals surface area (Å²) < 4.78 is 13.9. The molecule has 0 aromatic carbocycles. The predicted octanol–water partition coefficient (Wildman–Crippen LogP) is 0.514. The van der Waals surface area contributed by atoms with Gasteiger partial charge in [0.15, 0.2) is 5.82 Å². The van der Waals surface area contributed by atoms with Gasteiger partial charge in [-0.2, -0.15) is 8.75 Å². The van der Waals surface area contributed by atoms with E-state index in [0.29, 0.717) is 6.54 Å². The summed E-state index contributed by atoms with van der Waals surface area (Å²) in [6, 6.07) is 0. The topological polar surface area (TPSA) is 58.5 Å². The standard InChI is InChI=1S/C9H15N3O2S/c1-9(2)6-12(4-7(5-13)14-9)8-3-10-15-11-8/h3,7,13H,4-6H2,1-2H3. The lowest BCUT2D eigenvalue weighted by Gasteiger charge is -2.42. The number of hydrogen-bond acceptors (Lipinski definition) is 6. The zero-order valence-corrected chi connectivity index (χ0v) is 9.70. The van der Waals surface area contributed by atoms with Gasteiger partial charge in [0.05, 0.1) is 36.2 Å². The van der Waals surface area contributed by atoms with E-state index < -0.39 is 0 Å². The highest BCUT2D eigenvalue weighted by molar-refractivity contribution is 6.99. The van der Waals surface area contributed by atoms with Gasteiger partial charge in [0.25, 0.3) is 0 Å². The maximum absolute atomic E-state index is 9.15. The molecule has 1 N–H and O–H groups in total. The molecule has 1 fully saturated rings. The van der Waals surface area contributed by atoms with E-state index >= 15 is 0 Å². The van der Waals surface area contributed by atoms with Gasteiger partial charge >= 0.3 is 0 Å². The first-order valence-corrected chi connectivity index (χ1v) is 5.65. The van der Waals surface area contributed by atoms with Crippen molar-refractivity contribution < 1.29 is 9.84 Å². The van der Waals surface area contributed by atoms with Gasteiger partial charge in [-0.25, -0.2) is 0 Å². The molecule has 1 saturated heterocycles. The van der Waals surface area contributed by atoms with Crippen molar-refractivity contribution in [1.29, 1.82) is 0 Å². The van der Waals surface area contributed by atoms with Gasteiger partial charge in [-0.3, -0.25) is 0 Å². The fraction of sp³-hybridized carbons (Fsp3) is 0.778. The number of rotatable bonds is 2. The van der Waals surface area contributed by atoms with Crippen LogP contribution in [0.1, 0.15) is 13.8 Å². The minimum Gasteiger partial charge on any atom is -0.394 e. The molecule has 2 heterocycles. The molecule has 0 spiro atoms. The van der Waals surface area contributed by atoms with Crippen LogP contribution in [0.4, 0.5) is 5.82 Å². The summed E-state index contributed by atoms with van der Waals surface area (Å²) in [6.45, 7) is 5.51. The van der Waals surface area contributed by atoms with Crippen LogP contribution >= 0.6 is 11.7 Å². The van der Waals surface area contributed by atoms with Crippen LogP contribution in [-0.4, -0.2) is 45.3 Å². The van der Waals surface area contributed by atoms with Crippen LogP contribution in [0.2, 0.25) is 0 Å². The van der Waals surface area contributed by atoms with Crippen LogP contribution in [0, 0.1) is 0 Å². The van der Waals surface area contributed by atoms with Crippen LogP contribution in [0.3, 0.4) is 0 Å². The van der Waals surface area contributed by atoms with E-state index in [-0.39, 0.29) is 18.3 Å². The second-order valence-electron chi connectivity index (χ2n) is 4.33. The summed E-state index contributed by atoms with van der Waals surface area (Å²) in [5, 5.41) is 9.15. The third kappa shape index (κ3) is 2.45. The molecule has 1 unspecified atom stereocenters. The van der Waals surface area contributed by atoms with Gasteiger partial charge in [-0.05, 0) is 13.8 Å². The second-order valence-corrected chi connectivity index (χ2v) is 4.88. The minimum atomic E-state index is -0.255. The summed E-state index contributed by atoms with van der Waals surface area (Å²) in [5.41, 5.74) is -0.255. The highest BCUT2D eigenvalue weighted by Crippen LogP contribution is 2.24. The van der Waals surface area contributed by atoms with Crippen molar-refractivity contribution in [3.8, 4) is 0 Å². The quantitative estimate of drug-likeness (QED) is 0.801. The van der Waals surface area contributed by atoms with Crippen LogP contribution in [-0.2, 0) is 4.74 Å². The molecule has 84 valence electrons. The number of anilines is 1. The van der Waals surface area contributed by atoms with E-state index in [1.54, 1.807) is 6.20 Å². The lowest BCUT2D eigenvalue weighted by Crippen LogP contribution is -2.54. The average Bonchev–Trinajstić information content (AvgIpc) is 2.68. The van der Waals surface area contributed by atoms with Gasteiger partial charge in [-0.15, -0.1) is 0 Å². The van der Waals surface area contributed by atoms with Crippen molar-refractivity contribution >= 4 is 17.5 Å². The number of aliphatic hydroxyl groups excluding tert-OH is 1. The molecule has 5 nitrogen and oxygen atoms in total. The molecule has 0 bridgehead atoms. The number of aromatic nitrogens is 2. The normalized spacial score (nSPS) is 25.5. The van der Waals surface area contributed by atoms with Gasteiger partial charge < -0.3 is 14.7 Å². The number of hydrogen-bond donors (Lipinski definition) is 1. The van der Waals surface area contributed by atoms with Crippen molar-refractivity contribution in [1.82, 2.24) is 8.75 Å². The molecular formula is C9H15N3O2S. The molecule has 1 aromatic heterocycles.